The Morgan fingerprint density at radius 3 is 2.50 bits per heavy atom. The molecule has 0 amide bonds. The largest absolute Gasteiger partial charge is 0.390 e. The third-order valence-corrected chi connectivity index (χ3v) is 11.1. The summed E-state index contributed by atoms with van der Waals surface area (Å²) in [5.74, 6) is 3.73. The molecule has 0 aromatic carbocycles. The lowest BCUT2D eigenvalue weighted by Gasteiger charge is -2.59. The van der Waals surface area contributed by atoms with Crippen LogP contribution in [-0.4, -0.2) is 21.4 Å². The van der Waals surface area contributed by atoms with E-state index in [1.807, 2.05) is 13.8 Å². The molecule has 2 nitrogen and oxygen atoms in total. The predicted molar refractivity (Wildman–Crippen MR) is 125 cm³/mol. The molecule has 0 radical (unpaired) electrons. The third-order valence-electron chi connectivity index (χ3n) is 11.1. The number of allylic oxidation sites excluding steroid dienone is 1. The van der Waals surface area contributed by atoms with Gasteiger partial charge in [-0.05, 0) is 118 Å². The number of rotatable bonds is 5. The SMILES string of the molecule is CC(C)[C@](C)(O)CCC[C@H]1CC[C@H]2[C@@H]3CC=C4C[C@@](C)(O)CC[C@]4(C)[C@H]3CC[C@]12C. The van der Waals surface area contributed by atoms with Gasteiger partial charge < -0.3 is 10.2 Å². The van der Waals surface area contributed by atoms with E-state index in [1.165, 1.54) is 51.4 Å². The minimum atomic E-state index is -0.516. The van der Waals surface area contributed by atoms with Gasteiger partial charge in [0.25, 0.3) is 0 Å². The molecule has 8 atom stereocenters. The van der Waals surface area contributed by atoms with Crippen molar-refractivity contribution in [2.75, 3.05) is 0 Å². The molecule has 2 heteroatoms. The molecular formula is C28H48O2. The highest BCUT2D eigenvalue weighted by molar-refractivity contribution is 5.26. The zero-order valence-corrected chi connectivity index (χ0v) is 20.6. The summed E-state index contributed by atoms with van der Waals surface area (Å²) in [5, 5.41) is 21.3. The monoisotopic (exact) mass is 416 g/mol. The highest BCUT2D eigenvalue weighted by atomic mass is 16.3. The van der Waals surface area contributed by atoms with Crippen LogP contribution in [0.25, 0.3) is 0 Å². The minimum Gasteiger partial charge on any atom is -0.390 e. The molecule has 0 aromatic heterocycles. The molecule has 0 heterocycles. The van der Waals surface area contributed by atoms with Crippen LogP contribution < -0.4 is 0 Å². The van der Waals surface area contributed by atoms with Crippen molar-refractivity contribution in [3.05, 3.63) is 11.6 Å². The molecule has 0 aromatic rings. The van der Waals surface area contributed by atoms with Crippen LogP contribution >= 0.6 is 0 Å². The van der Waals surface area contributed by atoms with Crippen molar-refractivity contribution in [1.82, 2.24) is 0 Å². The van der Waals surface area contributed by atoms with E-state index < -0.39 is 11.2 Å². The van der Waals surface area contributed by atoms with Crippen molar-refractivity contribution >= 4 is 0 Å². The minimum absolute atomic E-state index is 0.333. The van der Waals surface area contributed by atoms with Crippen LogP contribution in [0, 0.1) is 40.4 Å². The Kier molecular flexibility index (Phi) is 5.80. The Bertz CT molecular complexity index is 674. The van der Waals surface area contributed by atoms with Crippen LogP contribution in [0.2, 0.25) is 0 Å². The Morgan fingerprint density at radius 1 is 1.07 bits per heavy atom. The van der Waals surface area contributed by atoms with Gasteiger partial charge in [-0.2, -0.15) is 0 Å². The van der Waals surface area contributed by atoms with Gasteiger partial charge >= 0.3 is 0 Å². The van der Waals surface area contributed by atoms with Crippen molar-refractivity contribution in [2.45, 2.75) is 123 Å². The van der Waals surface area contributed by atoms with E-state index in [0.717, 1.165) is 42.9 Å². The van der Waals surface area contributed by atoms with E-state index >= 15 is 0 Å². The first-order valence-corrected chi connectivity index (χ1v) is 13.0. The molecule has 172 valence electrons. The van der Waals surface area contributed by atoms with Gasteiger partial charge in [0.1, 0.15) is 0 Å². The molecule has 3 saturated carbocycles. The molecule has 4 aliphatic carbocycles. The fourth-order valence-electron chi connectivity index (χ4n) is 8.38. The van der Waals surface area contributed by atoms with Crippen LogP contribution in [0.1, 0.15) is 112 Å². The Hall–Kier alpha value is -0.340. The topological polar surface area (TPSA) is 40.5 Å². The van der Waals surface area contributed by atoms with Gasteiger partial charge in [-0.15, -0.1) is 0 Å². The van der Waals surface area contributed by atoms with Gasteiger partial charge in [0.15, 0.2) is 0 Å². The summed E-state index contributed by atoms with van der Waals surface area (Å²) in [6, 6.07) is 0. The maximum atomic E-state index is 10.7. The van der Waals surface area contributed by atoms with Crippen molar-refractivity contribution in [2.24, 2.45) is 40.4 Å². The standard InChI is InChI=1S/C28H48O2/c1-19(2)28(6,30)14-7-8-20-10-12-23-22-11-9-21-18-25(3,29)16-17-27(21,5)24(22)13-15-26(20,23)4/h9,19-20,22-24,29-30H,7-8,10-18H2,1-6H3/t20-,22-,23-,24-,25-,26+,27-,28+/m0/s1. The van der Waals surface area contributed by atoms with Crippen LogP contribution in [0.3, 0.4) is 0 Å². The van der Waals surface area contributed by atoms with E-state index in [4.69, 9.17) is 0 Å². The lowest BCUT2D eigenvalue weighted by molar-refractivity contribution is -0.0668. The quantitative estimate of drug-likeness (QED) is 0.479. The molecule has 0 saturated heterocycles. The van der Waals surface area contributed by atoms with Crippen LogP contribution in [0.15, 0.2) is 11.6 Å². The molecular weight excluding hydrogens is 368 g/mol. The third kappa shape index (κ3) is 3.72. The number of aliphatic hydroxyl groups is 2. The smallest absolute Gasteiger partial charge is 0.0657 e. The van der Waals surface area contributed by atoms with Crippen LogP contribution in [0.4, 0.5) is 0 Å². The first kappa shape index (κ1) is 22.8. The maximum Gasteiger partial charge on any atom is 0.0657 e. The summed E-state index contributed by atoms with van der Waals surface area (Å²) < 4.78 is 0. The molecule has 4 rings (SSSR count). The van der Waals surface area contributed by atoms with Gasteiger partial charge in [-0.1, -0.05) is 45.8 Å². The predicted octanol–water partition coefficient (Wildman–Crippen LogP) is 6.89. The van der Waals surface area contributed by atoms with Crippen molar-refractivity contribution in [3.8, 4) is 0 Å². The van der Waals surface area contributed by atoms with Crippen molar-refractivity contribution in [1.29, 1.82) is 0 Å². The molecule has 0 unspecified atom stereocenters. The van der Waals surface area contributed by atoms with Crippen molar-refractivity contribution < 1.29 is 10.2 Å². The maximum absolute atomic E-state index is 10.7. The molecule has 0 spiro atoms. The number of fused-ring (bicyclic) bond motifs is 5. The first-order chi connectivity index (χ1) is 13.9. The fraction of sp³-hybridized carbons (Fsp3) is 0.929. The Labute approximate surface area is 185 Å². The fourth-order valence-corrected chi connectivity index (χ4v) is 8.38. The molecule has 2 N–H and O–H groups in total. The van der Waals surface area contributed by atoms with Gasteiger partial charge in [-0.3, -0.25) is 0 Å². The summed E-state index contributed by atoms with van der Waals surface area (Å²) in [7, 11) is 0. The summed E-state index contributed by atoms with van der Waals surface area (Å²) in [6.45, 7) is 13.5. The van der Waals surface area contributed by atoms with Gasteiger partial charge in [-0.25, -0.2) is 0 Å². The summed E-state index contributed by atoms with van der Waals surface area (Å²) >= 11 is 0. The first-order valence-electron chi connectivity index (χ1n) is 13.0. The lowest BCUT2D eigenvalue weighted by atomic mass is 9.46. The second-order valence-electron chi connectivity index (χ2n) is 13.2. The van der Waals surface area contributed by atoms with Gasteiger partial charge in [0.2, 0.25) is 0 Å². The second kappa shape index (κ2) is 7.62. The summed E-state index contributed by atoms with van der Waals surface area (Å²) in [4.78, 5) is 0. The summed E-state index contributed by atoms with van der Waals surface area (Å²) in [6.07, 6.45) is 15.8. The molecule has 0 aliphatic heterocycles. The Morgan fingerprint density at radius 2 is 1.80 bits per heavy atom. The van der Waals surface area contributed by atoms with Gasteiger partial charge in [0, 0.05) is 0 Å². The van der Waals surface area contributed by atoms with E-state index in [-0.39, 0.29) is 0 Å². The highest BCUT2D eigenvalue weighted by Gasteiger charge is 2.58. The van der Waals surface area contributed by atoms with E-state index in [2.05, 4.69) is 33.8 Å². The highest BCUT2D eigenvalue weighted by Crippen LogP contribution is 2.67. The number of hydrogen-bond acceptors (Lipinski definition) is 2. The summed E-state index contributed by atoms with van der Waals surface area (Å²) in [5.41, 5.74) is 1.41. The average Bonchev–Trinajstić information content (AvgIpc) is 2.98. The second-order valence-corrected chi connectivity index (χ2v) is 13.2. The van der Waals surface area contributed by atoms with Crippen molar-refractivity contribution in [3.63, 3.8) is 0 Å². The molecule has 4 aliphatic rings. The lowest BCUT2D eigenvalue weighted by Crippen LogP contribution is -2.51. The van der Waals surface area contributed by atoms with Gasteiger partial charge in [0.05, 0.1) is 11.2 Å². The van der Waals surface area contributed by atoms with E-state index in [9.17, 15) is 10.2 Å². The van der Waals surface area contributed by atoms with E-state index in [0.29, 0.717) is 16.7 Å². The van der Waals surface area contributed by atoms with E-state index in [1.54, 1.807) is 5.57 Å². The van der Waals surface area contributed by atoms with Crippen LogP contribution in [-0.2, 0) is 0 Å². The molecule has 30 heavy (non-hydrogen) atoms. The Balaban J connectivity index is 1.46. The molecule has 3 fully saturated rings. The number of hydrogen-bond donors (Lipinski definition) is 2. The zero-order chi connectivity index (χ0) is 21.9. The average molecular weight is 417 g/mol. The normalized spacial score (nSPS) is 47.8. The molecule has 0 bridgehead atoms. The van der Waals surface area contributed by atoms with Crippen LogP contribution in [0.5, 0.6) is 0 Å². The zero-order valence-electron chi connectivity index (χ0n) is 20.6.